The van der Waals surface area contributed by atoms with Crippen molar-refractivity contribution in [3.05, 3.63) is 35.4 Å². The molecule has 1 aliphatic rings. The monoisotopic (exact) mass is 268 g/mol. The van der Waals surface area contributed by atoms with E-state index >= 15 is 0 Å². The summed E-state index contributed by atoms with van der Waals surface area (Å²) in [7, 11) is 0. The van der Waals surface area contributed by atoms with Gasteiger partial charge in [-0.1, -0.05) is 12.1 Å². The molecule has 1 atom stereocenters. The van der Waals surface area contributed by atoms with E-state index in [0.717, 1.165) is 12.6 Å². The number of nitrogens with one attached hydrogen (secondary N) is 1. The molecular weight excluding hydrogens is 246 g/mol. The van der Waals surface area contributed by atoms with Gasteiger partial charge in [0.05, 0.1) is 0 Å². The number of rotatable bonds is 6. The summed E-state index contributed by atoms with van der Waals surface area (Å²) in [6.45, 7) is 6.22. The second-order valence-electron chi connectivity index (χ2n) is 5.33. The van der Waals surface area contributed by atoms with E-state index in [9.17, 15) is 8.78 Å². The lowest BCUT2D eigenvalue weighted by atomic mass is 10.1. The van der Waals surface area contributed by atoms with Crippen LogP contribution in [-0.4, -0.2) is 37.1 Å². The van der Waals surface area contributed by atoms with Gasteiger partial charge in [0.15, 0.2) is 11.6 Å². The molecule has 2 nitrogen and oxygen atoms in total. The lowest BCUT2D eigenvalue weighted by Gasteiger charge is -2.21. The maximum Gasteiger partial charge on any atom is 0.162 e. The second-order valence-corrected chi connectivity index (χ2v) is 5.33. The average molecular weight is 268 g/mol. The SMILES string of the molecule is CC(CN1CCCC1)NCCc1cccc(F)c1F. The maximum atomic E-state index is 13.4. The van der Waals surface area contributed by atoms with Gasteiger partial charge in [0.25, 0.3) is 0 Å². The van der Waals surface area contributed by atoms with Crippen molar-refractivity contribution in [1.29, 1.82) is 0 Å². The molecule has 106 valence electrons. The fourth-order valence-corrected chi connectivity index (χ4v) is 2.61. The van der Waals surface area contributed by atoms with E-state index in [4.69, 9.17) is 0 Å². The smallest absolute Gasteiger partial charge is 0.162 e. The molecule has 0 aliphatic carbocycles. The van der Waals surface area contributed by atoms with Gasteiger partial charge in [-0.3, -0.25) is 0 Å². The van der Waals surface area contributed by atoms with Crippen LogP contribution in [0.3, 0.4) is 0 Å². The molecule has 1 fully saturated rings. The van der Waals surface area contributed by atoms with E-state index in [1.54, 1.807) is 12.1 Å². The van der Waals surface area contributed by atoms with Crippen LogP contribution in [0.15, 0.2) is 18.2 Å². The minimum absolute atomic E-state index is 0.384. The predicted molar refractivity (Wildman–Crippen MR) is 73.2 cm³/mol. The normalized spacial score (nSPS) is 17.8. The molecule has 1 aromatic carbocycles. The molecule has 0 bridgehead atoms. The summed E-state index contributed by atoms with van der Waals surface area (Å²) in [4.78, 5) is 2.44. The number of hydrogen-bond donors (Lipinski definition) is 1. The fraction of sp³-hybridized carbons (Fsp3) is 0.600. The Bertz CT molecular complexity index is 403. The standard InChI is InChI=1S/C15H22F2N2/c1-12(11-19-9-2-3-10-19)18-8-7-13-5-4-6-14(16)15(13)17/h4-6,12,18H,2-3,7-11H2,1H3. The van der Waals surface area contributed by atoms with E-state index in [-0.39, 0.29) is 0 Å². The molecule has 0 radical (unpaired) electrons. The number of hydrogen-bond acceptors (Lipinski definition) is 2. The highest BCUT2D eigenvalue weighted by molar-refractivity contribution is 5.19. The predicted octanol–water partition coefficient (Wildman–Crippen LogP) is 2.58. The number of halogens is 2. The largest absolute Gasteiger partial charge is 0.313 e. The summed E-state index contributed by atoms with van der Waals surface area (Å²) in [6, 6.07) is 4.74. The first-order valence-electron chi connectivity index (χ1n) is 7.05. The van der Waals surface area contributed by atoms with E-state index < -0.39 is 11.6 Å². The van der Waals surface area contributed by atoms with Crippen LogP contribution in [0.1, 0.15) is 25.3 Å². The summed E-state index contributed by atoms with van der Waals surface area (Å²) in [5.41, 5.74) is 0.445. The summed E-state index contributed by atoms with van der Waals surface area (Å²) in [5.74, 6) is -1.47. The van der Waals surface area contributed by atoms with Crippen molar-refractivity contribution in [3.63, 3.8) is 0 Å². The Hall–Kier alpha value is -1.00. The van der Waals surface area contributed by atoms with Crippen LogP contribution < -0.4 is 5.32 Å². The van der Waals surface area contributed by atoms with Crippen molar-refractivity contribution >= 4 is 0 Å². The molecule has 1 N–H and O–H groups in total. The molecule has 1 heterocycles. The summed E-state index contributed by atoms with van der Waals surface area (Å²) < 4.78 is 26.5. The molecule has 1 unspecified atom stereocenters. The Morgan fingerprint density at radius 3 is 2.74 bits per heavy atom. The summed E-state index contributed by atoms with van der Waals surface area (Å²) in [5, 5.41) is 3.37. The zero-order valence-corrected chi connectivity index (χ0v) is 11.5. The van der Waals surface area contributed by atoms with E-state index in [2.05, 4.69) is 17.1 Å². The van der Waals surface area contributed by atoms with Gasteiger partial charge in [0.2, 0.25) is 0 Å². The van der Waals surface area contributed by atoms with Crippen LogP contribution in [0.2, 0.25) is 0 Å². The Labute approximate surface area is 113 Å². The molecule has 1 aliphatic heterocycles. The molecule has 1 aromatic rings. The molecule has 0 spiro atoms. The third kappa shape index (κ3) is 4.25. The third-order valence-electron chi connectivity index (χ3n) is 3.65. The third-order valence-corrected chi connectivity index (χ3v) is 3.65. The first-order chi connectivity index (χ1) is 9.16. The van der Waals surface area contributed by atoms with Crippen molar-refractivity contribution in [3.8, 4) is 0 Å². The molecule has 1 saturated heterocycles. The fourth-order valence-electron chi connectivity index (χ4n) is 2.61. The Kier molecular flexibility index (Phi) is 5.28. The highest BCUT2D eigenvalue weighted by atomic mass is 19.2. The van der Waals surface area contributed by atoms with E-state index in [1.165, 1.54) is 25.9 Å². The van der Waals surface area contributed by atoms with Crippen molar-refractivity contribution in [2.75, 3.05) is 26.2 Å². The van der Waals surface area contributed by atoms with Gasteiger partial charge in [0.1, 0.15) is 0 Å². The lowest BCUT2D eigenvalue weighted by Crippen LogP contribution is -2.38. The van der Waals surface area contributed by atoms with Crippen LogP contribution in [0.25, 0.3) is 0 Å². The Balaban J connectivity index is 1.72. The zero-order valence-electron chi connectivity index (χ0n) is 11.5. The first-order valence-corrected chi connectivity index (χ1v) is 7.05. The van der Waals surface area contributed by atoms with Crippen LogP contribution in [0, 0.1) is 11.6 Å². The highest BCUT2D eigenvalue weighted by Crippen LogP contribution is 2.11. The van der Waals surface area contributed by atoms with Crippen molar-refractivity contribution in [1.82, 2.24) is 10.2 Å². The second kappa shape index (κ2) is 6.96. The van der Waals surface area contributed by atoms with Gasteiger partial charge in [-0.25, -0.2) is 8.78 Å². The van der Waals surface area contributed by atoms with Gasteiger partial charge in [-0.05, 0) is 57.5 Å². The van der Waals surface area contributed by atoms with Gasteiger partial charge in [-0.15, -0.1) is 0 Å². The molecule has 0 amide bonds. The van der Waals surface area contributed by atoms with Crippen molar-refractivity contribution < 1.29 is 8.78 Å². The summed E-state index contributed by atoms with van der Waals surface area (Å²) in [6.07, 6.45) is 3.11. The minimum atomic E-state index is -0.761. The van der Waals surface area contributed by atoms with Crippen molar-refractivity contribution in [2.24, 2.45) is 0 Å². The van der Waals surface area contributed by atoms with Crippen LogP contribution in [-0.2, 0) is 6.42 Å². The van der Waals surface area contributed by atoms with Crippen LogP contribution >= 0.6 is 0 Å². The highest BCUT2D eigenvalue weighted by Gasteiger charge is 2.14. The van der Waals surface area contributed by atoms with Crippen LogP contribution in [0.5, 0.6) is 0 Å². The molecule has 0 saturated carbocycles. The van der Waals surface area contributed by atoms with Crippen molar-refractivity contribution in [2.45, 2.75) is 32.2 Å². The number of benzene rings is 1. The minimum Gasteiger partial charge on any atom is -0.313 e. The average Bonchev–Trinajstić information content (AvgIpc) is 2.87. The topological polar surface area (TPSA) is 15.3 Å². The quantitative estimate of drug-likeness (QED) is 0.853. The molecular formula is C15H22F2N2. The van der Waals surface area contributed by atoms with Gasteiger partial charge < -0.3 is 10.2 Å². The zero-order chi connectivity index (χ0) is 13.7. The maximum absolute atomic E-state index is 13.4. The van der Waals surface area contributed by atoms with E-state index in [1.807, 2.05) is 0 Å². The molecule has 4 heteroatoms. The summed E-state index contributed by atoms with van der Waals surface area (Å²) >= 11 is 0. The lowest BCUT2D eigenvalue weighted by molar-refractivity contribution is 0.299. The Morgan fingerprint density at radius 1 is 1.26 bits per heavy atom. The Morgan fingerprint density at radius 2 is 2.00 bits per heavy atom. The molecule has 0 aromatic heterocycles. The van der Waals surface area contributed by atoms with E-state index in [0.29, 0.717) is 24.6 Å². The first kappa shape index (κ1) is 14.4. The van der Waals surface area contributed by atoms with Crippen LogP contribution in [0.4, 0.5) is 8.78 Å². The van der Waals surface area contributed by atoms with Gasteiger partial charge in [0, 0.05) is 12.6 Å². The van der Waals surface area contributed by atoms with Gasteiger partial charge in [-0.2, -0.15) is 0 Å². The van der Waals surface area contributed by atoms with Gasteiger partial charge >= 0.3 is 0 Å². The number of nitrogens with zero attached hydrogens (tertiary/aromatic N) is 1. The number of likely N-dealkylation sites (tertiary alicyclic amines) is 1. The molecule has 2 rings (SSSR count). The molecule has 19 heavy (non-hydrogen) atoms.